The van der Waals surface area contributed by atoms with E-state index in [2.05, 4.69) is 4.98 Å². The minimum absolute atomic E-state index is 0.0546. The van der Waals surface area contributed by atoms with Crippen LogP contribution in [0.3, 0.4) is 0 Å². The van der Waals surface area contributed by atoms with Gasteiger partial charge in [0.05, 0.1) is 11.4 Å². The number of nitrogens with zero attached hydrogens (tertiary/aromatic N) is 2. The van der Waals surface area contributed by atoms with Crippen LogP contribution in [0.2, 0.25) is 0 Å². The van der Waals surface area contributed by atoms with Crippen molar-refractivity contribution in [2.24, 2.45) is 0 Å². The van der Waals surface area contributed by atoms with Gasteiger partial charge in [-0.05, 0) is 39.0 Å². The molecule has 5 heteroatoms. The van der Waals surface area contributed by atoms with E-state index in [4.69, 9.17) is 0 Å². The molecule has 2 aromatic heterocycles. The molecule has 0 radical (unpaired) electrons. The molecule has 19 heavy (non-hydrogen) atoms. The number of carboxylic acids is 1. The van der Waals surface area contributed by atoms with Crippen LogP contribution in [0.4, 0.5) is 0 Å². The molecule has 0 saturated heterocycles. The number of carbonyl (C=O) groups excluding carboxylic acids is 1. The number of aromatic nitrogens is 2. The Labute approximate surface area is 110 Å². The molecule has 1 N–H and O–H groups in total. The first kappa shape index (κ1) is 13.0. The number of rotatable bonds is 3. The van der Waals surface area contributed by atoms with Crippen LogP contribution in [-0.2, 0) is 0 Å². The van der Waals surface area contributed by atoms with Crippen LogP contribution in [-0.4, -0.2) is 26.4 Å². The average molecular weight is 258 g/mol. The molecule has 0 aliphatic heterocycles. The predicted molar refractivity (Wildman–Crippen MR) is 70.0 cm³/mol. The van der Waals surface area contributed by atoms with Crippen molar-refractivity contribution in [3.63, 3.8) is 0 Å². The normalized spacial score (nSPS) is 10.5. The van der Waals surface area contributed by atoms with Gasteiger partial charge < -0.3 is 9.67 Å². The molecule has 2 aromatic rings. The van der Waals surface area contributed by atoms with Crippen molar-refractivity contribution in [2.75, 3.05) is 0 Å². The summed E-state index contributed by atoms with van der Waals surface area (Å²) in [5.74, 6) is -1.24. The SMILES string of the molecule is CC(=O)c1cc(C(=O)O)n(-c2ccc(C)nc2C)c1. The number of Topliss-reactive ketones (excluding diaryl/α,β-unsaturated/α-hetero) is 1. The Morgan fingerprint density at radius 2 is 1.95 bits per heavy atom. The third-order valence-electron chi connectivity index (χ3n) is 2.90. The number of carbonyl (C=O) groups is 2. The molecule has 0 saturated carbocycles. The molecule has 0 amide bonds. The van der Waals surface area contributed by atoms with E-state index in [0.29, 0.717) is 16.9 Å². The Morgan fingerprint density at radius 1 is 1.26 bits per heavy atom. The summed E-state index contributed by atoms with van der Waals surface area (Å²) in [5, 5.41) is 9.22. The highest BCUT2D eigenvalue weighted by molar-refractivity contribution is 5.97. The van der Waals surface area contributed by atoms with E-state index in [0.717, 1.165) is 5.69 Å². The highest BCUT2D eigenvalue weighted by Crippen LogP contribution is 2.19. The molecule has 0 aromatic carbocycles. The Hall–Kier alpha value is -2.43. The third-order valence-corrected chi connectivity index (χ3v) is 2.90. The summed E-state index contributed by atoms with van der Waals surface area (Å²) in [6.07, 6.45) is 1.53. The molecule has 2 heterocycles. The van der Waals surface area contributed by atoms with Crippen LogP contribution in [0.1, 0.15) is 39.2 Å². The molecule has 0 aliphatic carbocycles. The first-order valence-corrected chi connectivity index (χ1v) is 5.81. The highest BCUT2D eigenvalue weighted by atomic mass is 16.4. The molecule has 2 rings (SSSR count). The minimum Gasteiger partial charge on any atom is -0.477 e. The summed E-state index contributed by atoms with van der Waals surface area (Å²) in [7, 11) is 0. The predicted octanol–water partition coefficient (Wildman–Crippen LogP) is 2.39. The van der Waals surface area contributed by atoms with Crippen molar-refractivity contribution < 1.29 is 14.7 Å². The summed E-state index contributed by atoms with van der Waals surface area (Å²) in [5.41, 5.74) is 2.66. The van der Waals surface area contributed by atoms with Gasteiger partial charge in [0, 0.05) is 17.5 Å². The minimum atomic E-state index is -1.08. The largest absolute Gasteiger partial charge is 0.477 e. The third kappa shape index (κ3) is 2.40. The number of aromatic carboxylic acids is 1. The lowest BCUT2D eigenvalue weighted by Crippen LogP contribution is -2.07. The maximum absolute atomic E-state index is 11.4. The Balaban J connectivity index is 2.66. The van der Waals surface area contributed by atoms with Gasteiger partial charge in [0.25, 0.3) is 0 Å². The lowest BCUT2D eigenvalue weighted by atomic mass is 10.2. The Bertz CT molecular complexity index is 671. The summed E-state index contributed by atoms with van der Waals surface area (Å²) in [6, 6.07) is 4.99. The van der Waals surface area contributed by atoms with Gasteiger partial charge in [0.2, 0.25) is 0 Å². The molecule has 0 bridgehead atoms. The molecule has 98 valence electrons. The number of hydrogen-bond donors (Lipinski definition) is 1. The molecule has 0 spiro atoms. The Morgan fingerprint density at radius 3 is 2.47 bits per heavy atom. The lowest BCUT2D eigenvalue weighted by Gasteiger charge is -2.09. The number of carboxylic acid groups (broad SMARTS) is 1. The second kappa shape index (κ2) is 4.68. The standard InChI is InChI=1S/C14H14N2O3/c1-8-4-5-12(9(2)15-8)16-7-11(10(3)17)6-13(16)14(18)19/h4-7H,1-3H3,(H,18,19). The summed E-state index contributed by atoms with van der Waals surface area (Å²) in [6.45, 7) is 5.08. The van der Waals surface area contributed by atoms with Gasteiger partial charge in [-0.2, -0.15) is 0 Å². The van der Waals surface area contributed by atoms with Gasteiger partial charge in [-0.3, -0.25) is 9.78 Å². The van der Waals surface area contributed by atoms with E-state index in [1.807, 2.05) is 6.92 Å². The number of pyridine rings is 1. The van der Waals surface area contributed by atoms with Gasteiger partial charge in [0.1, 0.15) is 5.69 Å². The topological polar surface area (TPSA) is 72.2 Å². The van der Waals surface area contributed by atoms with Crippen molar-refractivity contribution >= 4 is 11.8 Å². The van der Waals surface area contributed by atoms with Gasteiger partial charge in [-0.25, -0.2) is 4.79 Å². The molecular formula is C14H14N2O3. The fraction of sp³-hybridized carbons (Fsp3) is 0.214. The zero-order valence-corrected chi connectivity index (χ0v) is 11.0. The van der Waals surface area contributed by atoms with Crippen molar-refractivity contribution in [3.05, 3.63) is 47.0 Å². The zero-order chi connectivity index (χ0) is 14.2. The van der Waals surface area contributed by atoms with Crippen molar-refractivity contribution in [2.45, 2.75) is 20.8 Å². The van der Waals surface area contributed by atoms with Crippen molar-refractivity contribution in [1.29, 1.82) is 0 Å². The molecule has 0 aliphatic rings. The van der Waals surface area contributed by atoms with Gasteiger partial charge >= 0.3 is 5.97 Å². The molecule has 0 fully saturated rings. The zero-order valence-electron chi connectivity index (χ0n) is 11.0. The van der Waals surface area contributed by atoms with E-state index in [9.17, 15) is 14.7 Å². The summed E-state index contributed by atoms with van der Waals surface area (Å²) >= 11 is 0. The molecule has 0 atom stereocenters. The van der Waals surface area contributed by atoms with Crippen LogP contribution < -0.4 is 0 Å². The summed E-state index contributed by atoms with van der Waals surface area (Å²) < 4.78 is 1.49. The second-order valence-electron chi connectivity index (χ2n) is 4.40. The van der Waals surface area contributed by atoms with E-state index in [1.165, 1.54) is 23.8 Å². The molecule has 5 nitrogen and oxygen atoms in total. The second-order valence-corrected chi connectivity index (χ2v) is 4.40. The lowest BCUT2D eigenvalue weighted by molar-refractivity contribution is 0.0688. The highest BCUT2D eigenvalue weighted by Gasteiger charge is 2.17. The maximum Gasteiger partial charge on any atom is 0.352 e. The fourth-order valence-corrected chi connectivity index (χ4v) is 1.95. The van der Waals surface area contributed by atoms with Gasteiger partial charge in [0.15, 0.2) is 5.78 Å². The number of ketones is 1. The van der Waals surface area contributed by atoms with E-state index in [1.54, 1.807) is 19.1 Å². The van der Waals surface area contributed by atoms with E-state index < -0.39 is 5.97 Å². The maximum atomic E-state index is 11.4. The van der Waals surface area contributed by atoms with E-state index >= 15 is 0 Å². The number of hydrogen-bond acceptors (Lipinski definition) is 3. The first-order valence-electron chi connectivity index (χ1n) is 5.81. The number of aryl methyl sites for hydroxylation is 2. The van der Waals surface area contributed by atoms with Crippen LogP contribution in [0.5, 0.6) is 0 Å². The van der Waals surface area contributed by atoms with Crippen LogP contribution >= 0.6 is 0 Å². The van der Waals surface area contributed by atoms with Gasteiger partial charge in [-0.15, -0.1) is 0 Å². The molecule has 0 unspecified atom stereocenters. The average Bonchev–Trinajstić information content (AvgIpc) is 2.73. The fourth-order valence-electron chi connectivity index (χ4n) is 1.95. The van der Waals surface area contributed by atoms with Crippen LogP contribution in [0, 0.1) is 13.8 Å². The Kier molecular flexibility index (Phi) is 3.21. The molecular weight excluding hydrogens is 244 g/mol. The smallest absolute Gasteiger partial charge is 0.352 e. The van der Waals surface area contributed by atoms with Crippen molar-refractivity contribution in [3.8, 4) is 5.69 Å². The van der Waals surface area contributed by atoms with Crippen LogP contribution in [0.25, 0.3) is 5.69 Å². The first-order chi connectivity index (χ1) is 8.90. The quantitative estimate of drug-likeness (QED) is 0.858. The van der Waals surface area contributed by atoms with Gasteiger partial charge in [-0.1, -0.05) is 0 Å². The van der Waals surface area contributed by atoms with Crippen molar-refractivity contribution in [1.82, 2.24) is 9.55 Å². The van der Waals surface area contributed by atoms with E-state index in [-0.39, 0.29) is 11.5 Å². The van der Waals surface area contributed by atoms with Crippen LogP contribution in [0.15, 0.2) is 24.4 Å². The summed E-state index contributed by atoms with van der Waals surface area (Å²) in [4.78, 5) is 26.9. The monoisotopic (exact) mass is 258 g/mol.